The Kier molecular flexibility index (Phi) is 8.36. The summed E-state index contributed by atoms with van der Waals surface area (Å²) in [5.74, 6) is -2.11. The van der Waals surface area contributed by atoms with Gasteiger partial charge < -0.3 is 24.8 Å². The van der Waals surface area contributed by atoms with Crippen LogP contribution in [0.2, 0.25) is 0 Å². The first kappa shape index (κ1) is 33.7. The van der Waals surface area contributed by atoms with Crippen molar-refractivity contribution in [2.24, 2.45) is 22.7 Å². The minimum Gasteiger partial charge on any atom is -0.392 e. The Balaban J connectivity index is 1.19. The first-order valence-corrected chi connectivity index (χ1v) is 17.3. The second-order valence-corrected chi connectivity index (χ2v) is 15.2. The molecule has 4 aliphatic carbocycles. The predicted molar refractivity (Wildman–Crippen MR) is 172 cm³/mol. The van der Waals surface area contributed by atoms with Crippen LogP contribution in [0.25, 0.3) is 0 Å². The molecule has 0 unspecified atom stereocenters. The van der Waals surface area contributed by atoms with Crippen molar-refractivity contribution in [3.05, 3.63) is 94.1 Å². The lowest BCUT2D eigenvalue weighted by Gasteiger charge is -2.63. The number of fused-ring (bicyclic) bond motifs is 7. The normalized spacial score (nSPS) is 39.8. The zero-order chi connectivity index (χ0) is 34.2. The second-order valence-electron chi connectivity index (χ2n) is 14.3. The van der Waals surface area contributed by atoms with Crippen molar-refractivity contribution in [3.63, 3.8) is 0 Å². The molecule has 0 bridgehead atoms. The molecule has 0 spiro atoms. The minimum absolute atomic E-state index is 0.0143. The van der Waals surface area contributed by atoms with Crippen molar-refractivity contribution in [1.29, 1.82) is 0 Å². The van der Waals surface area contributed by atoms with Gasteiger partial charge in [-0.1, -0.05) is 67.2 Å². The molecule has 2 aromatic rings. The van der Waals surface area contributed by atoms with Gasteiger partial charge in [0.1, 0.15) is 12.2 Å². The van der Waals surface area contributed by atoms with Crippen LogP contribution in [0.15, 0.2) is 66.3 Å². The monoisotopic (exact) mass is 684 g/mol. The van der Waals surface area contributed by atoms with Gasteiger partial charge in [0, 0.05) is 22.3 Å². The Morgan fingerprint density at radius 2 is 1.73 bits per heavy atom. The highest BCUT2D eigenvalue weighted by Crippen LogP contribution is 2.73. The molecule has 1 saturated heterocycles. The summed E-state index contributed by atoms with van der Waals surface area (Å²) >= 11 is 0.453. The molecule has 0 amide bonds. The molecule has 11 heteroatoms. The Labute approximate surface area is 281 Å². The van der Waals surface area contributed by atoms with E-state index >= 15 is 8.78 Å². The number of aliphatic hydroxyl groups excluding tert-OH is 3. The highest BCUT2D eigenvalue weighted by Gasteiger charge is 2.80. The Hall–Kier alpha value is -2.80. The van der Waals surface area contributed by atoms with Gasteiger partial charge in [-0.05, 0) is 78.5 Å². The molecule has 5 aliphatic rings. The van der Waals surface area contributed by atoms with Crippen LogP contribution in [-0.4, -0.2) is 61.9 Å². The largest absolute Gasteiger partial charge is 0.392 e. The van der Waals surface area contributed by atoms with Gasteiger partial charge in [0.25, 0.3) is 0 Å². The van der Waals surface area contributed by atoms with Gasteiger partial charge >= 0.3 is 0 Å². The van der Waals surface area contributed by atoms with Crippen molar-refractivity contribution in [2.75, 3.05) is 6.01 Å². The van der Waals surface area contributed by atoms with E-state index < -0.39 is 75.5 Å². The van der Waals surface area contributed by atoms with Crippen LogP contribution < -0.4 is 0 Å². The van der Waals surface area contributed by atoms with Crippen LogP contribution >= 0.6 is 11.8 Å². The number of thioether (sulfide) groups is 1. The van der Waals surface area contributed by atoms with Crippen LogP contribution in [0.5, 0.6) is 0 Å². The average molecular weight is 685 g/mol. The van der Waals surface area contributed by atoms with Gasteiger partial charge in [0.05, 0.1) is 25.4 Å². The number of ether oxygens (including phenoxy) is 2. The number of hydrogen-bond acceptors (Lipinski definition) is 8. The number of carbonyl (C=O) groups is 2. The number of halogens is 3. The molecule has 0 aromatic heterocycles. The maximum Gasteiger partial charge on any atom is 0.226 e. The maximum absolute atomic E-state index is 17.6. The van der Waals surface area contributed by atoms with Crippen LogP contribution in [0.3, 0.4) is 0 Å². The third kappa shape index (κ3) is 4.61. The molecule has 10 atom stereocenters. The third-order valence-corrected chi connectivity index (χ3v) is 12.8. The lowest BCUT2D eigenvalue weighted by Crippen LogP contribution is -2.70. The van der Waals surface area contributed by atoms with E-state index in [4.69, 9.17) is 9.47 Å². The van der Waals surface area contributed by atoms with E-state index in [-0.39, 0.29) is 38.0 Å². The summed E-state index contributed by atoms with van der Waals surface area (Å²) in [6.07, 6.45) is -1.22. The van der Waals surface area contributed by atoms with Crippen LogP contribution in [0.4, 0.5) is 13.2 Å². The van der Waals surface area contributed by atoms with E-state index in [9.17, 15) is 29.3 Å². The first-order chi connectivity index (χ1) is 22.9. The van der Waals surface area contributed by atoms with Crippen LogP contribution in [0, 0.1) is 22.7 Å². The number of ketones is 1. The molecule has 1 heterocycles. The quantitative estimate of drug-likeness (QED) is 0.349. The van der Waals surface area contributed by atoms with Gasteiger partial charge in [0.2, 0.25) is 5.12 Å². The Bertz CT molecular complexity index is 1700. The molecule has 256 valence electrons. The van der Waals surface area contributed by atoms with E-state index in [1.54, 1.807) is 13.0 Å². The molecular weight excluding hydrogens is 645 g/mol. The molecule has 2 aromatic carbocycles. The Morgan fingerprint density at radius 1 is 1.02 bits per heavy atom. The van der Waals surface area contributed by atoms with Crippen LogP contribution in [-0.2, 0) is 38.7 Å². The van der Waals surface area contributed by atoms with E-state index in [0.29, 0.717) is 34.9 Å². The minimum atomic E-state index is -2.33. The van der Waals surface area contributed by atoms with Crippen molar-refractivity contribution in [2.45, 2.75) is 88.7 Å². The SMILES string of the molecule is C[C@]12C=CC(=O)C=C1[C@@H](F)C[C@H]1[C@@H]3C[C@H]4O[C@@H](c5ccc(Cc6ccc(CO)c(CO)c6)cc5)O[C@@]4(C(=O)SCF)[C@@]3(C)C[C@H](O)[C@@]12F. The topological polar surface area (TPSA) is 113 Å². The van der Waals surface area contributed by atoms with E-state index in [0.717, 1.165) is 17.2 Å². The van der Waals surface area contributed by atoms with Gasteiger partial charge in [-0.2, -0.15) is 0 Å². The van der Waals surface area contributed by atoms with Gasteiger partial charge in [-0.25, -0.2) is 13.2 Å². The molecule has 3 saturated carbocycles. The zero-order valence-electron chi connectivity index (χ0n) is 26.7. The van der Waals surface area contributed by atoms with Gasteiger partial charge in [-0.15, -0.1) is 0 Å². The summed E-state index contributed by atoms with van der Waals surface area (Å²) in [6.45, 7) is 2.91. The van der Waals surface area contributed by atoms with Crippen molar-refractivity contribution < 1.29 is 47.6 Å². The maximum atomic E-state index is 17.6. The number of benzene rings is 2. The smallest absolute Gasteiger partial charge is 0.226 e. The van der Waals surface area contributed by atoms with Crippen molar-refractivity contribution in [3.8, 4) is 0 Å². The standard InChI is InChI=1S/C37H39F3O7S/c1-34-10-9-25(43)13-28(34)29(39)14-27-26-15-31-37(33(45)48-19-38,35(26,2)16-30(44)36(27,34)40)47-32(46-31)22-6-3-20(4-7-22)11-21-5-8-23(17-41)24(12-21)18-42/h3-10,12-13,26-27,29-32,41-42,44H,11,14-19H2,1-2H3/t26-,27-,29-,30-,31+,32+,34-,35-,36-,37-/m0/s1. The van der Waals surface area contributed by atoms with Crippen LogP contribution in [0.1, 0.15) is 67.2 Å². The Morgan fingerprint density at radius 3 is 2.42 bits per heavy atom. The molecular formula is C37H39F3O7S. The highest BCUT2D eigenvalue weighted by atomic mass is 32.2. The first-order valence-electron chi connectivity index (χ1n) is 16.3. The summed E-state index contributed by atoms with van der Waals surface area (Å²) in [5, 5.41) is 30.3. The summed E-state index contributed by atoms with van der Waals surface area (Å²) in [4.78, 5) is 26.1. The van der Waals surface area contributed by atoms with E-state index in [1.807, 2.05) is 36.4 Å². The van der Waals surface area contributed by atoms with Crippen molar-refractivity contribution in [1.82, 2.24) is 0 Å². The zero-order valence-corrected chi connectivity index (χ0v) is 27.5. The molecule has 7 nitrogen and oxygen atoms in total. The highest BCUT2D eigenvalue weighted by molar-refractivity contribution is 8.13. The average Bonchev–Trinajstić information content (AvgIpc) is 3.57. The lowest BCUT2D eigenvalue weighted by molar-refractivity contribution is -0.232. The van der Waals surface area contributed by atoms with E-state index in [1.165, 1.54) is 19.1 Å². The fourth-order valence-corrected chi connectivity index (χ4v) is 10.4. The summed E-state index contributed by atoms with van der Waals surface area (Å²) in [6, 6.07) is 11.9. The third-order valence-electron chi connectivity index (χ3n) is 12.1. The fraction of sp³-hybridized carbons (Fsp3) is 0.514. The number of hydrogen-bond donors (Lipinski definition) is 3. The van der Waals surface area contributed by atoms with Gasteiger partial charge in [0.15, 0.2) is 23.3 Å². The molecule has 1 aliphatic heterocycles. The molecule has 0 radical (unpaired) electrons. The number of alkyl halides is 3. The summed E-state index contributed by atoms with van der Waals surface area (Å²) < 4.78 is 60.3. The molecule has 3 N–H and O–H groups in total. The molecule has 7 rings (SSSR count). The summed E-state index contributed by atoms with van der Waals surface area (Å²) in [7, 11) is 0. The van der Waals surface area contributed by atoms with Crippen molar-refractivity contribution >= 4 is 22.7 Å². The predicted octanol–water partition coefficient (Wildman–Crippen LogP) is 5.53. The lowest BCUT2D eigenvalue weighted by atomic mass is 9.44. The number of aliphatic hydroxyl groups is 3. The summed E-state index contributed by atoms with van der Waals surface area (Å²) in [5.41, 5.74) is -2.99. The van der Waals surface area contributed by atoms with E-state index in [2.05, 4.69) is 0 Å². The molecule has 4 fully saturated rings. The number of allylic oxidation sites excluding steroid dienone is 4. The number of carbonyl (C=O) groups excluding carboxylic acids is 2. The number of rotatable bonds is 7. The molecule has 48 heavy (non-hydrogen) atoms. The second kappa shape index (κ2) is 11.9. The fourth-order valence-electron chi connectivity index (χ4n) is 9.72. The van der Waals surface area contributed by atoms with Gasteiger partial charge in [-0.3, -0.25) is 9.59 Å².